The second kappa shape index (κ2) is 8.32. The fourth-order valence-corrected chi connectivity index (χ4v) is 3.78. The van der Waals surface area contributed by atoms with Crippen molar-refractivity contribution in [2.75, 3.05) is 38.5 Å². The van der Waals surface area contributed by atoms with Crippen molar-refractivity contribution in [2.24, 2.45) is 0 Å². The molecule has 0 aromatic carbocycles. The number of carbonyl (C=O) groups is 2. The molecular formula is C19H28N4O2. The second-order valence-corrected chi connectivity index (χ2v) is 7.03. The number of piperidine rings is 1. The zero-order valence-electron chi connectivity index (χ0n) is 15.0. The van der Waals surface area contributed by atoms with Gasteiger partial charge in [-0.15, -0.1) is 0 Å². The summed E-state index contributed by atoms with van der Waals surface area (Å²) in [6, 6.07) is 4.11. The quantitative estimate of drug-likeness (QED) is 0.910. The van der Waals surface area contributed by atoms with Crippen LogP contribution in [0.5, 0.6) is 0 Å². The van der Waals surface area contributed by atoms with Crippen molar-refractivity contribution in [3.05, 3.63) is 23.9 Å². The van der Waals surface area contributed by atoms with E-state index in [-0.39, 0.29) is 18.4 Å². The standard InChI is InChI=1S/C19H28N4O2/c1-20-17-12-15(8-9-21-17)16-6-5-11-22(13-16)19(25)14-23-10-4-2-3-7-18(23)24/h8-9,12,16H,2-7,10-11,13-14H2,1H3,(H,20,21)/t16-/m0/s1. The number of hydrogen-bond donors (Lipinski definition) is 1. The smallest absolute Gasteiger partial charge is 0.242 e. The summed E-state index contributed by atoms with van der Waals surface area (Å²) in [5.41, 5.74) is 1.22. The van der Waals surface area contributed by atoms with E-state index in [9.17, 15) is 9.59 Å². The third kappa shape index (κ3) is 4.50. The Morgan fingerprint density at radius 2 is 2.16 bits per heavy atom. The molecule has 0 aliphatic carbocycles. The van der Waals surface area contributed by atoms with Crippen molar-refractivity contribution < 1.29 is 9.59 Å². The van der Waals surface area contributed by atoms with Gasteiger partial charge in [0.15, 0.2) is 0 Å². The highest BCUT2D eigenvalue weighted by molar-refractivity contribution is 5.85. The molecule has 1 N–H and O–H groups in total. The second-order valence-electron chi connectivity index (χ2n) is 7.03. The molecule has 1 aromatic heterocycles. The summed E-state index contributed by atoms with van der Waals surface area (Å²) in [6.45, 7) is 2.48. The van der Waals surface area contributed by atoms with Crippen molar-refractivity contribution >= 4 is 17.6 Å². The van der Waals surface area contributed by atoms with Crippen molar-refractivity contribution in [1.29, 1.82) is 0 Å². The molecule has 136 valence electrons. The minimum atomic E-state index is 0.0860. The maximum absolute atomic E-state index is 12.7. The SMILES string of the molecule is CNc1cc([C@H]2CCCN(C(=O)CN3CCCCCC3=O)C2)ccn1. The van der Waals surface area contributed by atoms with Gasteiger partial charge >= 0.3 is 0 Å². The molecule has 6 heteroatoms. The minimum Gasteiger partial charge on any atom is -0.373 e. The summed E-state index contributed by atoms with van der Waals surface area (Å²) < 4.78 is 0. The zero-order valence-corrected chi connectivity index (χ0v) is 15.0. The first-order valence-electron chi connectivity index (χ1n) is 9.36. The van der Waals surface area contributed by atoms with E-state index in [0.717, 1.165) is 57.6 Å². The Kier molecular flexibility index (Phi) is 5.89. The molecule has 2 aliphatic rings. The lowest BCUT2D eigenvalue weighted by Gasteiger charge is -2.34. The molecule has 2 saturated heterocycles. The van der Waals surface area contributed by atoms with Crippen LogP contribution >= 0.6 is 0 Å². The van der Waals surface area contributed by atoms with Gasteiger partial charge in [-0.1, -0.05) is 6.42 Å². The van der Waals surface area contributed by atoms with Crippen LogP contribution in [0.2, 0.25) is 0 Å². The number of aromatic nitrogens is 1. The number of nitrogens with zero attached hydrogens (tertiary/aromatic N) is 3. The van der Waals surface area contributed by atoms with Crippen LogP contribution in [0.3, 0.4) is 0 Å². The van der Waals surface area contributed by atoms with Gasteiger partial charge < -0.3 is 15.1 Å². The summed E-state index contributed by atoms with van der Waals surface area (Å²) in [4.78, 5) is 32.8. The summed E-state index contributed by atoms with van der Waals surface area (Å²) >= 11 is 0. The Morgan fingerprint density at radius 1 is 1.28 bits per heavy atom. The number of rotatable bonds is 4. The van der Waals surface area contributed by atoms with Gasteiger partial charge in [-0.25, -0.2) is 4.98 Å². The molecule has 0 radical (unpaired) electrons. The van der Waals surface area contributed by atoms with Crippen molar-refractivity contribution in [3.63, 3.8) is 0 Å². The lowest BCUT2D eigenvalue weighted by molar-refractivity contribution is -0.140. The molecule has 2 fully saturated rings. The monoisotopic (exact) mass is 344 g/mol. The molecule has 0 bridgehead atoms. The Bertz CT molecular complexity index is 619. The van der Waals surface area contributed by atoms with Crippen LogP contribution in [0.1, 0.15) is 50.0 Å². The highest BCUT2D eigenvalue weighted by Gasteiger charge is 2.27. The first-order valence-corrected chi connectivity index (χ1v) is 9.36. The van der Waals surface area contributed by atoms with Crippen LogP contribution in [-0.2, 0) is 9.59 Å². The number of hydrogen-bond acceptors (Lipinski definition) is 4. The Balaban J connectivity index is 1.62. The van der Waals surface area contributed by atoms with Gasteiger partial charge in [0, 0.05) is 45.2 Å². The lowest BCUT2D eigenvalue weighted by atomic mass is 9.91. The third-order valence-electron chi connectivity index (χ3n) is 5.28. The number of carbonyl (C=O) groups excluding carboxylic acids is 2. The van der Waals surface area contributed by atoms with E-state index in [1.165, 1.54) is 5.56 Å². The number of anilines is 1. The molecule has 2 aliphatic heterocycles. The van der Waals surface area contributed by atoms with E-state index in [2.05, 4.69) is 16.4 Å². The van der Waals surface area contributed by atoms with Gasteiger partial charge in [-0.05, 0) is 43.4 Å². The molecule has 3 heterocycles. The fourth-order valence-electron chi connectivity index (χ4n) is 3.78. The van der Waals surface area contributed by atoms with Gasteiger partial charge in [0.2, 0.25) is 11.8 Å². The van der Waals surface area contributed by atoms with E-state index in [4.69, 9.17) is 0 Å². The minimum absolute atomic E-state index is 0.0860. The van der Waals surface area contributed by atoms with Crippen LogP contribution in [0.15, 0.2) is 18.3 Å². The highest BCUT2D eigenvalue weighted by Crippen LogP contribution is 2.28. The predicted octanol–water partition coefficient (Wildman–Crippen LogP) is 2.23. The Labute approximate surface area is 149 Å². The normalized spacial score (nSPS) is 21.8. The van der Waals surface area contributed by atoms with Gasteiger partial charge in [-0.2, -0.15) is 0 Å². The molecule has 1 atom stereocenters. The lowest BCUT2D eigenvalue weighted by Crippen LogP contribution is -2.46. The van der Waals surface area contributed by atoms with Crippen LogP contribution < -0.4 is 5.32 Å². The Hall–Kier alpha value is -2.11. The van der Waals surface area contributed by atoms with Crippen molar-refractivity contribution in [3.8, 4) is 0 Å². The molecule has 0 unspecified atom stereocenters. The topological polar surface area (TPSA) is 65.5 Å². The largest absolute Gasteiger partial charge is 0.373 e. The maximum Gasteiger partial charge on any atom is 0.242 e. The highest BCUT2D eigenvalue weighted by atomic mass is 16.2. The van der Waals surface area contributed by atoms with Crippen LogP contribution in [0, 0.1) is 0 Å². The number of likely N-dealkylation sites (tertiary alicyclic amines) is 2. The number of amides is 2. The van der Waals surface area contributed by atoms with Crippen LogP contribution in [-0.4, -0.2) is 59.8 Å². The van der Waals surface area contributed by atoms with Gasteiger partial charge in [-0.3, -0.25) is 9.59 Å². The van der Waals surface area contributed by atoms with E-state index >= 15 is 0 Å². The van der Waals surface area contributed by atoms with Crippen LogP contribution in [0.4, 0.5) is 5.82 Å². The number of nitrogens with one attached hydrogen (secondary N) is 1. The summed E-state index contributed by atoms with van der Waals surface area (Å²) in [5.74, 6) is 1.42. The molecule has 6 nitrogen and oxygen atoms in total. The predicted molar refractivity (Wildman–Crippen MR) is 97.4 cm³/mol. The van der Waals surface area contributed by atoms with Gasteiger partial charge in [0.25, 0.3) is 0 Å². The first-order chi connectivity index (χ1) is 12.2. The van der Waals surface area contributed by atoms with E-state index < -0.39 is 0 Å². The fraction of sp³-hybridized carbons (Fsp3) is 0.632. The van der Waals surface area contributed by atoms with Crippen molar-refractivity contribution in [1.82, 2.24) is 14.8 Å². The molecule has 1 aromatic rings. The van der Waals surface area contributed by atoms with Gasteiger partial charge in [0.05, 0.1) is 6.54 Å². The average Bonchev–Trinajstić information content (AvgIpc) is 2.86. The molecule has 3 rings (SSSR count). The average molecular weight is 344 g/mol. The van der Waals surface area contributed by atoms with Gasteiger partial charge in [0.1, 0.15) is 5.82 Å². The molecular weight excluding hydrogens is 316 g/mol. The van der Waals surface area contributed by atoms with E-state index in [0.29, 0.717) is 12.3 Å². The number of pyridine rings is 1. The van der Waals surface area contributed by atoms with E-state index in [1.54, 1.807) is 4.90 Å². The molecule has 2 amide bonds. The first kappa shape index (κ1) is 17.7. The zero-order chi connectivity index (χ0) is 17.6. The molecule has 0 saturated carbocycles. The van der Waals surface area contributed by atoms with Crippen LogP contribution in [0.25, 0.3) is 0 Å². The molecule has 0 spiro atoms. The third-order valence-corrected chi connectivity index (χ3v) is 5.28. The van der Waals surface area contributed by atoms with E-state index in [1.807, 2.05) is 24.2 Å². The summed E-state index contributed by atoms with van der Waals surface area (Å²) in [7, 11) is 1.86. The maximum atomic E-state index is 12.7. The summed E-state index contributed by atoms with van der Waals surface area (Å²) in [6.07, 6.45) is 7.52. The summed E-state index contributed by atoms with van der Waals surface area (Å²) in [5, 5.41) is 3.07. The van der Waals surface area contributed by atoms with Crippen molar-refractivity contribution in [2.45, 2.75) is 44.4 Å². The molecule has 25 heavy (non-hydrogen) atoms. The Morgan fingerprint density at radius 3 is 3.00 bits per heavy atom.